The molecule has 6 nitrogen and oxygen atoms in total. The zero-order chi connectivity index (χ0) is 13.2. The molecule has 0 aliphatic carbocycles. The number of para-hydroxylation sites is 1. The number of rotatable bonds is 4. The predicted molar refractivity (Wildman–Crippen MR) is 68.3 cm³/mol. The van der Waals surface area contributed by atoms with Crippen molar-refractivity contribution in [3.63, 3.8) is 0 Å². The van der Waals surface area contributed by atoms with Crippen molar-refractivity contribution in [2.75, 3.05) is 11.1 Å². The summed E-state index contributed by atoms with van der Waals surface area (Å²) in [6, 6.07) is 6.43. The Morgan fingerprint density at radius 3 is 2.67 bits per heavy atom. The Morgan fingerprint density at radius 1 is 1.28 bits per heavy atom. The van der Waals surface area contributed by atoms with Gasteiger partial charge in [-0.15, -0.1) is 0 Å². The van der Waals surface area contributed by atoms with Crippen molar-refractivity contribution >= 4 is 21.4 Å². The summed E-state index contributed by atoms with van der Waals surface area (Å²) in [6.45, 7) is 0.481. The van der Waals surface area contributed by atoms with Gasteiger partial charge in [0.1, 0.15) is 4.90 Å². The molecule has 0 unspecified atom stereocenters. The van der Waals surface area contributed by atoms with E-state index in [2.05, 4.69) is 5.32 Å². The molecule has 0 radical (unpaired) electrons. The van der Waals surface area contributed by atoms with Crippen molar-refractivity contribution in [2.45, 2.75) is 11.4 Å². The second-order valence-electron chi connectivity index (χ2n) is 3.75. The van der Waals surface area contributed by atoms with Gasteiger partial charge in [-0.05, 0) is 18.2 Å². The first kappa shape index (κ1) is 12.5. The molecule has 2 aromatic rings. The van der Waals surface area contributed by atoms with Crippen LogP contribution in [0.15, 0.2) is 46.1 Å². The third kappa shape index (κ3) is 2.63. The topological polar surface area (TPSA) is 111 Å². The Hall–Kier alpha value is -1.99. The van der Waals surface area contributed by atoms with Crippen LogP contribution in [0.2, 0.25) is 0 Å². The van der Waals surface area contributed by atoms with Crippen LogP contribution < -0.4 is 16.2 Å². The molecule has 0 aliphatic heterocycles. The quantitative estimate of drug-likeness (QED) is 0.719. The van der Waals surface area contributed by atoms with Gasteiger partial charge >= 0.3 is 0 Å². The molecular formula is C11H13N3O3S. The van der Waals surface area contributed by atoms with Crippen LogP contribution in [-0.4, -0.2) is 8.42 Å². The maximum Gasteiger partial charge on any atom is 0.240 e. The molecule has 0 atom stereocenters. The summed E-state index contributed by atoms with van der Waals surface area (Å²) in [7, 11) is -3.81. The molecule has 1 aromatic heterocycles. The minimum atomic E-state index is -3.81. The average Bonchev–Trinajstić information content (AvgIpc) is 2.79. The van der Waals surface area contributed by atoms with Crippen LogP contribution in [0.1, 0.15) is 5.56 Å². The summed E-state index contributed by atoms with van der Waals surface area (Å²) in [5.41, 5.74) is 7.32. The molecule has 0 bridgehead atoms. The van der Waals surface area contributed by atoms with Crippen LogP contribution in [-0.2, 0) is 16.6 Å². The van der Waals surface area contributed by atoms with E-state index in [0.29, 0.717) is 12.2 Å². The summed E-state index contributed by atoms with van der Waals surface area (Å²) in [4.78, 5) is -0.0836. The lowest BCUT2D eigenvalue weighted by Gasteiger charge is -2.11. The number of nitrogen functional groups attached to an aromatic ring is 1. The van der Waals surface area contributed by atoms with E-state index >= 15 is 0 Å². The zero-order valence-electron chi connectivity index (χ0n) is 9.46. The van der Waals surface area contributed by atoms with Gasteiger partial charge in [-0.2, -0.15) is 0 Å². The van der Waals surface area contributed by atoms with Crippen molar-refractivity contribution < 1.29 is 12.8 Å². The fraction of sp³-hybridized carbons (Fsp3) is 0.0909. The standard InChI is InChI=1S/C11H13N3O3S/c12-11-9(14-6-8-4-5-17-7-8)2-1-3-10(11)18(13,15)16/h1-5,7,14H,6,12H2,(H2,13,15,16). The summed E-state index contributed by atoms with van der Waals surface area (Å²) in [5.74, 6) is 0. The van der Waals surface area contributed by atoms with Crippen molar-refractivity contribution in [1.29, 1.82) is 0 Å². The highest BCUT2D eigenvalue weighted by Gasteiger charge is 2.14. The molecular weight excluding hydrogens is 254 g/mol. The van der Waals surface area contributed by atoms with Crippen LogP contribution in [0, 0.1) is 0 Å². The number of nitrogens with two attached hydrogens (primary N) is 2. The molecule has 7 heteroatoms. The van der Waals surface area contributed by atoms with Crippen LogP contribution >= 0.6 is 0 Å². The minimum Gasteiger partial charge on any atom is -0.472 e. The predicted octanol–water partition coefficient (Wildman–Crippen LogP) is 1.12. The second-order valence-corrected chi connectivity index (χ2v) is 5.28. The molecule has 0 saturated heterocycles. The molecule has 0 spiro atoms. The number of hydrogen-bond acceptors (Lipinski definition) is 5. The molecule has 1 aromatic carbocycles. The Kier molecular flexibility index (Phi) is 3.26. The van der Waals surface area contributed by atoms with Gasteiger partial charge in [-0.3, -0.25) is 0 Å². The maximum absolute atomic E-state index is 11.3. The highest BCUT2D eigenvalue weighted by molar-refractivity contribution is 7.89. The molecule has 0 saturated carbocycles. The van der Waals surface area contributed by atoms with E-state index in [9.17, 15) is 8.42 Å². The normalized spacial score (nSPS) is 11.4. The molecule has 0 amide bonds. The number of nitrogens with one attached hydrogen (secondary N) is 1. The largest absolute Gasteiger partial charge is 0.472 e. The van der Waals surface area contributed by atoms with Crippen molar-refractivity contribution in [1.82, 2.24) is 0 Å². The van der Waals surface area contributed by atoms with E-state index in [1.165, 1.54) is 6.07 Å². The number of primary sulfonamides is 1. The summed E-state index contributed by atoms with van der Waals surface area (Å²) in [5, 5.41) is 8.09. The second kappa shape index (κ2) is 4.71. The first-order valence-electron chi connectivity index (χ1n) is 5.15. The SMILES string of the molecule is Nc1c(NCc2ccoc2)cccc1S(N)(=O)=O. The highest BCUT2D eigenvalue weighted by Crippen LogP contribution is 2.26. The summed E-state index contributed by atoms with van der Waals surface area (Å²) >= 11 is 0. The Balaban J connectivity index is 2.24. The van der Waals surface area contributed by atoms with Crippen molar-refractivity contribution in [3.8, 4) is 0 Å². The number of anilines is 2. The number of benzene rings is 1. The third-order valence-corrected chi connectivity index (χ3v) is 3.40. The van der Waals surface area contributed by atoms with E-state index in [-0.39, 0.29) is 10.6 Å². The van der Waals surface area contributed by atoms with Crippen LogP contribution in [0.3, 0.4) is 0 Å². The van der Waals surface area contributed by atoms with Gasteiger partial charge in [-0.1, -0.05) is 6.07 Å². The van der Waals surface area contributed by atoms with Gasteiger partial charge < -0.3 is 15.5 Å². The van der Waals surface area contributed by atoms with Crippen LogP contribution in [0.25, 0.3) is 0 Å². The van der Waals surface area contributed by atoms with Crippen LogP contribution in [0.4, 0.5) is 11.4 Å². The fourth-order valence-corrected chi connectivity index (χ4v) is 2.22. The van der Waals surface area contributed by atoms with E-state index in [4.69, 9.17) is 15.3 Å². The Bertz CT molecular complexity index is 636. The van der Waals surface area contributed by atoms with Crippen molar-refractivity contribution in [2.24, 2.45) is 5.14 Å². The number of furan rings is 1. The Morgan fingerprint density at radius 2 is 2.06 bits per heavy atom. The lowest BCUT2D eigenvalue weighted by atomic mass is 10.2. The van der Waals surface area contributed by atoms with Gasteiger partial charge in [0.15, 0.2) is 0 Å². The lowest BCUT2D eigenvalue weighted by molar-refractivity contribution is 0.564. The van der Waals surface area contributed by atoms with E-state index < -0.39 is 10.0 Å². The van der Waals surface area contributed by atoms with Gasteiger partial charge in [0.25, 0.3) is 0 Å². The monoisotopic (exact) mass is 267 g/mol. The van der Waals surface area contributed by atoms with E-state index in [1.54, 1.807) is 30.7 Å². The van der Waals surface area contributed by atoms with E-state index in [1.807, 2.05) is 0 Å². The molecule has 0 fully saturated rings. The zero-order valence-corrected chi connectivity index (χ0v) is 10.3. The maximum atomic E-state index is 11.3. The summed E-state index contributed by atoms with van der Waals surface area (Å²) < 4.78 is 27.5. The van der Waals surface area contributed by atoms with Gasteiger partial charge in [0.05, 0.1) is 23.9 Å². The average molecular weight is 267 g/mol. The first-order chi connectivity index (χ1) is 8.48. The molecule has 96 valence electrons. The first-order valence-corrected chi connectivity index (χ1v) is 6.69. The molecule has 0 aliphatic rings. The van der Waals surface area contributed by atoms with Gasteiger partial charge in [0, 0.05) is 12.1 Å². The molecule has 18 heavy (non-hydrogen) atoms. The van der Waals surface area contributed by atoms with E-state index in [0.717, 1.165) is 5.56 Å². The highest BCUT2D eigenvalue weighted by atomic mass is 32.2. The molecule has 2 rings (SSSR count). The third-order valence-electron chi connectivity index (χ3n) is 2.44. The molecule has 5 N–H and O–H groups in total. The van der Waals surface area contributed by atoms with Crippen molar-refractivity contribution in [3.05, 3.63) is 42.4 Å². The number of hydrogen-bond donors (Lipinski definition) is 3. The van der Waals surface area contributed by atoms with Crippen LogP contribution in [0.5, 0.6) is 0 Å². The Labute approximate surface area is 105 Å². The fourth-order valence-electron chi connectivity index (χ4n) is 1.54. The minimum absolute atomic E-state index is 0.0836. The van der Waals surface area contributed by atoms with Gasteiger partial charge in [-0.25, -0.2) is 13.6 Å². The summed E-state index contributed by atoms with van der Waals surface area (Å²) in [6.07, 6.45) is 3.15. The smallest absolute Gasteiger partial charge is 0.240 e. The lowest BCUT2D eigenvalue weighted by Crippen LogP contribution is -2.15. The molecule has 1 heterocycles. The number of sulfonamides is 1. The van der Waals surface area contributed by atoms with Gasteiger partial charge in [0.2, 0.25) is 10.0 Å².